The van der Waals surface area contributed by atoms with E-state index >= 15 is 0 Å². The second-order valence-electron chi connectivity index (χ2n) is 8.22. The van der Waals surface area contributed by atoms with Crippen LogP contribution in [-0.2, 0) is 18.9 Å². The van der Waals surface area contributed by atoms with E-state index in [1.165, 1.54) is 0 Å². The lowest BCUT2D eigenvalue weighted by molar-refractivity contribution is -0.0596. The van der Waals surface area contributed by atoms with Crippen LogP contribution in [0.4, 0.5) is 0 Å². The fourth-order valence-corrected chi connectivity index (χ4v) is 4.60. The van der Waals surface area contributed by atoms with Crippen molar-refractivity contribution in [1.82, 2.24) is 0 Å². The van der Waals surface area contributed by atoms with Crippen molar-refractivity contribution in [2.24, 2.45) is 0 Å². The standard InChI is InChI=1S/C28H25BrO7/c1-2-22-23(34-26(31)20-14-8-4-9-15-20)24(35-27(32)21-16-10-5-11-17-21)28(29,36-22)18-33-25(30)19-12-6-3-7-13-19/h3-17,22-24H,2,18H2,1H3/t22-,23+,24?,28-/m1/s1. The highest BCUT2D eigenvalue weighted by Crippen LogP contribution is 2.42. The number of halogens is 1. The molecule has 0 aliphatic carbocycles. The molecule has 3 aromatic rings. The van der Waals surface area contributed by atoms with Crippen molar-refractivity contribution >= 4 is 33.8 Å². The van der Waals surface area contributed by atoms with Gasteiger partial charge in [0.05, 0.1) is 16.7 Å². The van der Waals surface area contributed by atoms with E-state index in [2.05, 4.69) is 15.9 Å². The molecule has 7 nitrogen and oxygen atoms in total. The maximum absolute atomic E-state index is 13.0. The summed E-state index contributed by atoms with van der Waals surface area (Å²) in [6, 6.07) is 25.5. The summed E-state index contributed by atoms with van der Waals surface area (Å²) in [7, 11) is 0. The minimum Gasteiger partial charge on any atom is -0.458 e. The summed E-state index contributed by atoms with van der Waals surface area (Å²) in [5, 5.41) is 0. The SMILES string of the molecule is CC[C@H]1O[C@](Br)(COC(=O)c2ccccc2)C(OC(=O)c2ccccc2)[C@H]1OC(=O)c1ccccc1. The smallest absolute Gasteiger partial charge is 0.338 e. The molecule has 1 fully saturated rings. The van der Waals surface area contributed by atoms with Gasteiger partial charge in [0.15, 0.2) is 16.7 Å². The quantitative estimate of drug-likeness (QED) is 0.216. The molecule has 1 saturated heterocycles. The molecular weight excluding hydrogens is 528 g/mol. The molecule has 1 heterocycles. The fraction of sp³-hybridized carbons (Fsp3) is 0.250. The van der Waals surface area contributed by atoms with Crippen molar-refractivity contribution in [3.63, 3.8) is 0 Å². The first-order valence-corrected chi connectivity index (χ1v) is 12.3. The predicted octanol–water partition coefficient (Wildman–Crippen LogP) is 5.19. The monoisotopic (exact) mass is 552 g/mol. The summed E-state index contributed by atoms with van der Waals surface area (Å²) in [6.45, 7) is 1.57. The zero-order valence-electron chi connectivity index (χ0n) is 19.5. The number of hydrogen-bond acceptors (Lipinski definition) is 7. The van der Waals surface area contributed by atoms with Gasteiger partial charge in [0.25, 0.3) is 0 Å². The van der Waals surface area contributed by atoms with Gasteiger partial charge in [0, 0.05) is 0 Å². The van der Waals surface area contributed by atoms with Crippen LogP contribution in [0.5, 0.6) is 0 Å². The number of carbonyl (C=O) groups excluding carboxylic acids is 3. The largest absolute Gasteiger partial charge is 0.458 e. The molecule has 3 aromatic carbocycles. The molecule has 0 bridgehead atoms. The Morgan fingerprint density at radius 1 is 0.750 bits per heavy atom. The first-order chi connectivity index (χ1) is 17.4. The minimum atomic E-state index is -1.44. The summed E-state index contributed by atoms with van der Waals surface area (Å²) in [5.41, 5.74) is 1.04. The molecule has 0 radical (unpaired) electrons. The summed E-state index contributed by atoms with van der Waals surface area (Å²) in [5.74, 6) is -1.77. The Morgan fingerprint density at radius 3 is 1.67 bits per heavy atom. The van der Waals surface area contributed by atoms with Crippen LogP contribution >= 0.6 is 15.9 Å². The second kappa shape index (κ2) is 11.5. The van der Waals surface area contributed by atoms with Crippen LogP contribution in [0, 0.1) is 0 Å². The van der Waals surface area contributed by atoms with Gasteiger partial charge in [-0.05, 0) is 58.7 Å². The Hall–Kier alpha value is -3.49. The van der Waals surface area contributed by atoms with Gasteiger partial charge in [0.2, 0.25) is 0 Å². The molecule has 186 valence electrons. The van der Waals surface area contributed by atoms with Crippen LogP contribution < -0.4 is 0 Å². The Labute approximate surface area is 217 Å². The molecule has 0 amide bonds. The average molecular weight is 553 g/mol. The fourth-order valence-electron chi connectivity index (χ4n) is 3.90. The van der Waals surface area contributed by atoms with Crippen LogP contribution in [0.15, 0.2) is 91.0 Å². The Bertz CT molecular complexity index is 1190. The van der Waals surface area contributed by atoms with Gasteiger partial charge in [-0.25, -0.2) is 14.4 Å². The summed E-state index contributed by atoms with van der Waals surface area (Å²) >= 11 is 3.51. The zero-order chi connectivity index (χ0) is 25.5. The zero-order valence-corrected chi connectivity index (χ0v) is 21.1. The molecule has 4 atom stereocenters. The molecular formula is C28H25BrO7. The number of alkyl halides is 1. The highest BCUT2D eigenvalue weighted by molar-refractivity contribution is 9.10. The first-order valence-electron chi connectivity index (χ1n) is 11.5. The molecule has 0 aromatic heterocycles. The number of ether oxygens (including phenoxy) is 4. The van der Waals surface area contributed by atoms with Gasteiger partial charge in [-0.15, -0.1) is 0 Å². The number of benzene rings is 3. The van der Waals surface area contributed by atoms with Gasteiger partial charge in [-0.3, -0.25) is 0 Å². The van der Waals surface area contributed by atoms with Crippen LogP contribution in [0.25, 0.3) is 0 Å². The third kappa shape index (κ3) is 5.83. The van der Waals surface area contributed by atoms with E-state index < -0.39 is 40.7 Å². The summed E-state index contributed by atoms with van der Waals surface area (Å²) in [4.78, 5) is 38.5. The molecule has 1 aliphatic heterocycles. The Balaban J connectivity index is 1.59. The lowest BCUT2D eigenvalue weighted by Gasteiger charge is -2.29. The van der Waals surface area contributed by atoms with Gasteiger partial charge >= 0.3 is 17.9 Å². The highest BCUT2D eigenvalue weighted by atomic mass is 79.9. The number of carbonyl (C=O) groups is 3. The van der Waals surface area contributed by atoms with E-state index in [0.717, 1.165) is 0 Å². The number of rotatable bonds is 8. The van der Waals surface area contributed by atoms with E-state index in [0.29, 0.717) is 23.1 Å². The second-order valence-corrected chi connectivity index (χ2v) is 9.56. The lowest BCUT2D eigenvalue weighted by Crippen LogP contribution is -2.47. The van der Waals surface area contributed by atoms with E-state index in [4.69, 9.17) is 18.9 Å². The molecule has 0 saturated carbocycles. The third-order valence-electron chi connectivity index (χ3n) is 5.75. The van der Waals surface area contributed by atoms with Gasteiger partial charge < -0.3 is 18.9 Å². The topological polar surface area (TPSA) is 88.1 Å². The van der Waals surface area contributed by atoms with Crippen molar-refractivity contribution in [2.45, 2.75) is 36.2 Å². The van der Waals surface area contributed by atoms with E-state index in [-0.39, 0.29) is 6.61 Å². The molecule has 1 aliphatic rings. The van der Waals surface area contributed by atoms with Gasteiger partial charge in [0.1, 0.15) is 12.7 Å². The Kier molecular flexibility index (Phi) is 8.18. The van der Waals surface area contributed by atoms with Crippen molar-refractivity contribution in [1.29, 1.82) is 0 Å². The Morgan fingerprint density at radius 2 is 1.19 bits per heavy atom. The highest BCUT2D eigenvalue weighted by Gasteiger charge is 2.58. The van der Waals surface area contributed by atoms with Crippen molar-refractivity contribution in [2.75, 3.05) is 6.61 Å². The normalized spacial score (nSPS) is 23.0. The molecule has 0 N–H and O–H groups in total. The van der Waals surface area contributed by atoms with Crippen molar-refractivity contribution < 1.29 is 33.3 Å². The predicted molar refractivity (Wildman–Crippen MR) is 135 cm³/mol. The van der Waals surface area contributed by atoms with Gasteiger partial charge in [-0.2, -0.15) is 0 Å². The van der Waals surface area contributed by atoms with E-state index in [1.807, 2.05) is 6.92 Å². The first kappa shape index (κ1) is 25.6. The van der Waals surface area contributed by atoms with Crippen LogP contribution in [0.3, 0.4) is 0 Å². The summed E-state index contributed by atoms with van der Waals surface area (Å²) in [6.07, 6.45) is -2.23. The summed E-state index contributed by atoms with van der Waals surface area (Å²) < 4.78 is 21.9. The average Bonchev–Trinajstić information content (AvgIpc) is 3.19. The number of esters is 3. The van der Waals surface area contributed by atoms with Crippen molar-refractivity contribution in [3.8, 4) is 0 Å². The van der Waals surface area contributed by atoms with Crippen LogP contribution in [0.2, 0.25) is 0 Å². The van der Waals surface area contributed by atoms with Crippen molar-refractivity contribution in [3.05, 3.63) is 108 Å². The van der Waals surface area contributed by atoms with E-state index in [1.54, 1.807) is 91.0 Å². The number of hydrogen-bond donors (Lipinski definition) is 0. The van der Waals surface area contributed by atoms with E-state index in [9.17, 15) is 14.4 Å². The molecule has 8 heteroatoms. The molecule has 1 unspecified atom stereocenters. The molecule has 0 spiro atoms. The van der Waals surface area contributed by atoms with Gasteiger partial charge in [-0.1, -0.05) is 61.5 Å². The van der Waals surface area contributed by atoms with Crippen LogP contribution in [-0.4, -0.2) is 47.3 Å². The minimum absolute atomic E-state index is 0.288. The molecule has 36 heavy (non-hydrogen) atoms. The van der Waals surface area contributed by atoms with Crippen LogP contribution in [0.1, 0.15) is 44.4 Å². The maximum Gasteiger partial charge on any atom is 0.338 e. The lowest BCUT2D eigenvalue weighted by atomic mass is 10.0. The maximum atomic E-state index is 13.0. The molecule has 4 rings (SSSR count). The third-order valence-corrected chi connectivity index (χ3v) is 6.61.